The largest absolute Gasteiger partial charge is 0.495 e. The van der Waals surface area contributed by atoms with Crippen molar-refractivity contribution in [2.75, 3.05) is 108 Å². The van der Waals surface area contributed by atoms with Crippen molar-refractivity contribution in [3.8, 4) is 33.8 Å². The third-order valence-corrected chi connectivity index (χ3v) is 25.4. The van der Waals surface area contributed by atoms with Gasteiger partial charge in [-0.1, -0.05) is 168 Å². The van der Waals surface area contributed by atoms with Crippen LogP contribution in [0.4, 0.5) is 11.9 Å². The molecule has 0 bridgehead atoms. The molecular weight excluding hydrogens is 1660 g/mol. The van der Waals surface area contributed by atoms with Crippen LogP contribution in [0, 0.1) is 0 Å². The van der Waals surface area contributed by atoms with E-state index < -0.39 is 10.0 Å². The van der Waals surface area contributed by atoms with Crippen LogP contribution in [0.5, 0.6) is 0 Å². The number of anilines is 2. The van der Waals surface area contributed by atoms with Gasteiger partial charge in [0.25, 0.3) is 0 Å². The van der Waals surface area contributed by atoms with Crippen LogP contribution in [0.15, 0.2) is 166 Å². The smallest absolute Gasteiger partial charge is 0.399 e. The molecular formula is C89H87BCl6N16O7S. The summed E-state index contributed by atoms with van der Waals surface area (Å²) in [4.78, 5) is 60.6. The second-order valence-electron chi connectivity index (χ2n) is 30.9. The number of morpholine rings is 2. The van der Waals surface area contributed by atoms with E-state index in [4.69, 9.17) is 113 Å². The summed E-state index contributed by atoms with van der Waals surface area (Å²) >= 11 is 36.2. The van der Waals surface area contributed by atoms with E-state index in [2.05, 4.69) is 155 Å². The van der Waals surface area contributed by atoms with Crippen LogP contribution in [0.3, 0.4) is 0 Å². The third-order valence-electron chi connectivity index (χ3n) is 22.6. The highest BCUT2D eigenvalue weighted by Gasteiger charge is 2.52. The van der Waals surface area contributed by atoms with Crippen molar-refractivity contribution in [3.05, 3.63) is 226 Å². The SMILES string of the molecule is C1CCOCC1.CC1(C)OB(c2cccc3c2C=NC3)OC1(C)C.CS(=O)(=O)N1CCN(Cc2cccc3c(-c4cccc5c4C=NC5)nc(N4CCOCC4)nc23)CC1.Clc1cccc2c(-c3cccc4c3C=NC4)nc(N3CCOCC3)nc12.Clc1nc(-c2cccc3c2C=NC3)c2cccc(Cl)c2n1.Clc1nc(Cl)c2cccc(Cl)c2n1. The molecule has 0 N–H and O–H groups in total. The molecule has 8 aromatic carbocycles. The van der Waals surface area contributed by atoms with Crippen molar-refractivity contribution in [1.29, 1.82) is 0 Å². The highest BCUT2D eigenvalue weighted by molar-refractivity contribution is 7.88. The number of halogens is 6. The van der Waals surface area contributed by atoms with Crippen molar-refractivity contribution in [2.24, 2.45) is 20.0 Å². The van der Waals surface area contributed by atoms with Crippen LogP contribution >= 0.6 is 69.6 Å². The Kier molecular flexibility index (Phi) is 26.3. The summed E-state index contributed by atoms with van der Waals surface area (Å²) in [7, 11) is -3.45. The molecule has 12 aromatic rings. The first-order valence-corrected chi connectivity index (χ1v) is 44.1. The zero-order valence-electron chi connectivity index (χ0n) is 67.0. The molecule has 21 rings (SSSR count). The number of hydrogen-bond acceptors (Lipinski definition) is 22. The predicted molar refractivity (Wildman–Crippen MR) is 484 cm³/mol. The fourth-order valence-electron chi connectivity index (χ4n) is 15.5. The van der Waals surface area contributed by atoms with E-state index in [0.29, 0.717) is 115 Å². The van der Waals surface area contributed by atoms with Gasteiger partial charge in [0.15, 0.2) is 0 Å². The molecule has 0 unspecified atom stereocenters. The Bertz CT molecular complexity index is 6080. The lowest BCUT2D eigenvalue weighted by molar-refractivity contribution is 0.00578. The van der Waals surface area contributed by atoms with Crippen LogP contribution in [0.2, 0.25) is 30.8 Å². The quantitative estimate of drug-likeness (QED) is 0.0740. The molecule has 31 heteroatoms. The van der Waals surface area contributed by atoms with Gasteiger partial charge in [-0.3, -0.25) is 24.9 Å². The second-order valence-corrected chi connectivity index (χ2v) is 35.2. The summed E-state index contributed by atoms with van der Waals surface area (Å²) in [6.45, 7) is 22.1. The summed E-state index contributed by atoms with van der Waals surface area (Å²) in [5, 5.41) is 5.92. The van der Waals surface area contributed by atoms with Gasteiger partial charge in [-0.25, -0.2) is 48.3 Å². The normalized spacial score (nSPS) is 17.4. The van der Waals surface area contributed by atoms with Crippen LogP contribution < -0.4 is 15.3 Å². The molecule has 9 aliphatic heterocycles. The molecule has 13 heterocycles. The molecule has 0 aliphatic carbocycles. The number of aliphatic imine (C=N–C) groups is 4. The van der Waals surface area contributed by atoms with E-state index in [1.165, 1.54) is 47.8 Å². The molecule has 9 aliphatic rings. The zero-order valence-corrected chi connectivity index (χ0v) is 72.3. The van der Waals surface area contributed by atoms with E-state index >= 15 is 0 Å². The van der Waals surface area contributed by atoms with Gasteiger partial charge in [0.2, 0.25) is 32.5 Å². The summed E-state index contributed by atoms with van der Waals surface area (Å²) in [6.07, 6.45) is 12.9. The Morgan fingerprint density at radius 1 is 0.392 bits per heavy atom. The summed E-state index contributed by atoms with van der Waals surface area (Å²) < 4.78 is 53.7. The number of benzene rings is 8. The third kappa shape index (κ3) is 18.8. The average molecular weight is 1750 g/mol. The van der Waals surface area contributed by atoms with Gasteiger partial charge in [-0.15, -0.1) is 0 Å². The average Bonchev–Trinajstić information content (AvgIpc) is 1.64. The maximum Gasteiger partial charge on any atom is 0.495 e. The minimum absolute atomic E-state index is 0.102. The summed E-state index contributed by atoms with van der Waals surface area (Å²) in [5.74, 6) is 1.43. The molecule has 0 atom stereocenters. The van der Waals surface area contributed by atoms with E-state index in [9.17, 15) is 8.42 Å². The fraction of sp³-hybridized carbons (Fsp3) is 0.326. The lowest BCUT2D eigenvalue weighted by atomic mass is 9.75. The number of para-hydroxylation sites is 4. The van der Waals surface area contributed by atoms with Crippen LogP contribution in [0.25, 0.3) is 77.4 Å². The molecule has 5 saturated heterocycles. The maximum absolute atomic E-state index is 11.9. The number of ether oxygens (including phenoxy) is 3. The van der Waals surface area contributed by atoms with Gasteiger partial charge in [0.05, 0.1) is 124 Å². The van der Waals surface area contributed by atoms with Crippen LogP contribution in [0.1, 0.15) is 97.0 Å². The van der Waals surface area contributed by atoms with Crippen LogP contribution in [-0.2, 0) is 66.3 Å². The first-order chi connectivity index (χ1) is 58.1. The van der Waals surface area contributed by atoms with Gasteiger partial charge in [-0.2, -0.15) is 4.31 Å². The minimum Gasteiger partial charge on any atom is -0.399 e. The van der Waals surface area contributed by atoms with E-state index in [1.807, 2.05) is 73.4 Å². The Balaban J connectivity index is 0.000000113. The molecule has 23 nitrogen and oxygen atoms in total. The molecule has 616 valence electrons. The molecule has 4 aromatic heterocycles. The summed E-state index contributed by atoms with van der Waals surface area (Å²) in [5.41, 5.74) is 19.8. The number of piperazine rings is 1. The zero-order chi connectivity index (χ0) is 83.2. The highest BCUT2D eigenvalue weighted by atomic mass is 35.5. The number of aromatic nitrogens is 8. The standard InChI is InChI=1S/C26H30N6O3S.C20H17ClN4O.C16H9Cl2N3.C14H18BNO2.C8H3Cl3N2.C5H10O/c1-36(33,34)32-10-8-30(9-11-32)18-20-5-3-7-22-24(20)28-26(31-12-14-35-15-13-31)29-25(22)21-6-2-4-19-16-27-17-23(19)21;21-17-6-2-5-15-18(14-4-1-3-13-11-22-12-16(13)14)23-20(24-19(15)17)25-7-9-26-10-8-25;17-13-6-2-5-11-14(20-16(18)21-15(11)13)10-4-1-3-9-7-19-8-12(9)10;1-13(2)14(3,4)18-15(17-13)12-7-5-6-10-8-16-9-11(10)12;9-5-3-1-2-4-6(5)12-8(11)13-7(4)10;1-2-4-6-5-3-1/h2-7,17H,8-16,18H2,1H3;1-6,12H,7-11H2;1-6,8H,7H2;5-7,9H,8H2,1-4H3;1-3H;1-5H2. The van der Waals surface area contributed by atoms with Gasteiger partial charge in [0, 0.05) is 152 Å². The first kappa shape index (κ1) is 84.5. The second kappa shape index (κ2) is 37.3. The number of nitrogens with zero attached hydrogens (tertiary/aromatic N) is 16. The summed E-state index contributed by atoms with van der Waals surface area (Å²) in [6, 6.07) is 48.0. The van der Waals surface area contributed by atoms with Gasteiger partial charge in [-0.05, 0) is 133 Å². The Morgan fingerprint density at radius 2 is 0.775 bits per heavy atom. The van der Waals surface area contributed by atoms with Crippen molar-refractivity contribution in [2.45, 2.75) is 90.9 Å². The lowest BCUT2D eigenvalue weighted by Crippen LogP contribution is -2.47. The lowest BCUT2D eigenvalue weighted by Gasteiger charge is -2.33. The number of fused-ring (bicyclic) bond motifs is 8. The minimum atomic E-state index is -3.16. The molecule has 120 heavy (non-hydrogen) atoms. The topological polar surface area (TPSA) is 246 Å². The predicted octanol–water partition coefficient (Wildman–Crippen LogP) is 17.1. The number of sulfonamides is 1. The molecule has 0 saturated carbocycles. The van der Waals surface area contributed by atoms with Gasteiger partial charge < -0.3 is 33.3 Å². The van der Waals surface area contributed by atoms with Crippen molar-refractivity contribution >= 4 is 173 Å². The molecule has 0 radical (unpaired) electrons. The molecule has 5 fully saturated rings. The van der Waals surface area contributed by atoms with Crippen LogP contribution in [-0.4, -0.2) is 199 Å². The number of hydrogen-bond donors (Lipinski definition) is 0. The maximum atomic E-state index is 11.9. The van der Waals surface area contributed by atoms with Crippen molar-refractivity contribution in [1.82, 2.24) is 49.1 Å². The van der Waals surface area contributed by atoms with E-state index in [-0.39, 0.29) is 28.9 Å². The van der Waals surface area contributed by atoms with Gasteiger partial charge >= 0.3 is 7.12 Å². The van der Waals surface area contributed by atoms with Gasteiger partial charge in [0.1, 0.15) is 5.15 Å². The van der Waals surface area contributed by atoms with Crippen molar-refractivity contribution in [3.63, 3.8) is 0 Å². The Labute approximate surface area is 727 Å². The molecule has 0 amide bonds. The fourth-order valence-corrected chi connectivity index (χ4v) is 17.6. The van der Waals surface area contributed by atoms with E-state index in [0.717, 1.165) is 153 Å². The Hall–Kier alpha value is -9.13. The molecule has 0 spiro atoms. The van der Waals surface area contributed by atoms with Crippen molar-refractivity contribution < 1.29 is 31.9 Å². The van der Waals surface area contributed by atoms with E-state index in [1.54, 1.807) is 28.6 Å². The highest BCUT2D eigenvalue weighted by Crippen LogP contribution is 2.41. The number of rotatable bonds is 9. The Morgan fingerprint density at radius 3 is 1.23 bits per heavy atom. The monoisotopic (exact) mass is 1740 g/mol. The first-order valence-electron chi connectivity index (χ1n) is 40.0.